The number of aromatic nitrogens is 2. The Bertz CT molecular complexity index is 586. The van der Waals surface area contributed by atoms with E-state index in [1.807, 2.05) is 13.1 Å². The van der Waals surface area contributed by atoms with Crippen molar-refractivity contribution in [3.8, 4) is 0 Å². The molecule has 0 radical (unpaired) electrons. The van der Waals surface area contributed by atoms with E-state index >= 15 is 0 Å². The largest absolute Gasteiger partial charge is 0.388 e. The van der Waals surface area contributed by atoms with Gasteiger partial charge in [-0.25, -0.2) is 8.78 Å². The van der Waals surface area contributed by atoms with Gasteiger partial charge in [0.25, 0.3) is 0 Å². The van der Waals surface area contributed by atoms with E-state index in [2.05, 4.69) is 21.0 Å². The highest BCUT2D eigenvalue weighted by Gasteiger charge is 2.18. The van der Waals surface area contributed by atoms with Crippen molar-refractivity contribution in [1.82, 2.24) is 9.78 Å². The summed E-state index contributed by atoms with van der Waals surface area (Å²) >= 11 is 2.97. The van der Waals surface area contributed by atoms with E-state index in [1.165, 1.54) is 6.07 Å². The molecule has 0 fully saturated rings. The number of rotatable bonds is 4. The molecule has 0 amide bonds. The lowest BCUT2D eigenvalue weighted by Gasteiger charge is -2.12. The highest BCUT2D eigenvalue weighted by Crippen LogP contribution is 2.29. The Morgan fingerprint density at radius 1 is 1.42 bits per heavy atom. The molecule has 1 aromatic carbocycles. The maximum Gasteiger partial charge on any atom is 0.173 e. The first-order valence-electron chi connectivity index (χ1n) is 5.85. The Kier molecular flexibility index (Phi) is 4.31. The smallest absolute Gasteiger partial charge is 0.173 e. The summed E-state index contributed by atoms with van der Waals surface area (Å²) in [5.74, 6) is -1.93. The molecular weight excluding hydrogens is 318 g/mol. The van der Waals surface area contributed by atoms with Crippen LogP contribution in [0.25, 0.3) is 0 Å². The molecule has 1 heterocycles. The van der Waals surface area contributed by atoms with Crippen LogP contribution in [0, 0.1) is 11.6 Å². The van der Waals surface area contributed by atoms with Crippen molar-refractivity contribution in [2.24, 2.45) is 0 Å². The number of aryl methyl sites for hydroxylation is 1. The van der Waals surface area contributed by atoms with Gasteiger partial charge >= 0.3 is 0 Å². The molecule has 0 spiro atoms. The molecule has 2 aromatic rings. The van der Waals surface area contributed by atoms with Crippen molar-refractivity contribution in [3.05, 3.63) is 51.8 Å². The molecule has 102 valence electrons. The first-order chi connectivity index (χ1) is 9.02. The molecule has 6 heteroatoms. The summed E-state index contributed by atoms with van der Waals surface area (Å²) in [7, 11) is 0. The highest BCUT2D eigenvalue weighted by atomic mass is 79.9. The summed E-state index contributed by atoms with van der Waals surface area (Å²) in [4.78, 5) is 0. The van der Waals surface area contributed by atoms with Gasteiger partial charge in [0, 0.05) is 19.2 Å². The second-order valence-electron chi connectivity index (χ2n) is 4.19. The summed E-state index contributed by atoms with van der Waals surface area (Å²) in [5, 5.41) is 14.2. The lowest BCUT2D eigenvalue weighted by molar-refractivity contribution is 0.177. The predicted molar refractivity (Wildman–Crippen MR) is 70.6 cm³/mol. The van der Waals surface area contributed by atoms with E-state index in [4.69, 9.17) is 0 Å². The van der Waals surface area contributed by atoms with Gasteiger partial charge in [-0.2, -0.15) is 5.10 Å². The molecule has 3 nitrogen and oxygen atoms in total. The SMILES string of the molecule is CCn1cc(CC(O)c2ccc(F)c(F)c2Br)cn1. The Labute approximate surface area is 118 Å². The van der Waals surface area contributed by atoms with E-state index in [-0.39, 0.29) is 4.47 Å². The van der Waals surface area contributed by atoms with E-state index in [0.29, 0.717) is 12.0 Å². The van der Waals surface area contributed by atoms with Gasteiger partial charge in [0.15, 0.2) is 11.6 Å². The van der Waals surface area contributed by atoms with Crippen molar-refractivity contribution in [2.75, 3.05) is 0 Å². The van der Waals surface area contributed by atoms with Gasteiger partial charge in [-0.05, 0) is 40.0 Å². The minimum atomic E-state index is -0.985. The first-order valence-corrected chi connectivity index (χ1v) is 6.65. The zero-order chi connectivity index (χ0) is 14.0. The Morgan fingerprint density at radius 3 is 2.79 bits per heavy atom. The van der Waals surface area contributed by atoms with Crippen molar-refractivity contribution in [1.29, 1.82) is 0 Å². The minimum Gasteiger partial charge on any atom is -0.388 e. The molecule has 0 saturated heterocycles. The van der Waals surface area contributed by atoms with Gasteiger partial charge < -0.3 is 5.11 Å². The molecule has 2 rings (SSSR count). The van der Waals surface area contributed by atoms with Crippen molar-refractivity contribution >= 4 is 15.9 Å². The number of aliphatic hydroxyl groups excluding tert-OH is 1. The molecule has 19 heavy (non-hydrogen) atoms. The van der Waals surface area contributed by atoms with Crippen LogP contribution in [-0.2, 0) is 13.0 Å². The van der Waals surface area contributed by atoms with Crippen LogP contribution in [0.5, 0.6) is 0 Å². The van der Waals surface area contributed by atoms with Crippen molar-refractivity contribution in [3.63, 3.8) is 0 Å². The van der Waals surface area contributed by atoms with Gasteiger partial charge in [0.2, 0.25) is 0 Å². The number of aliphatic hydroxyl groups is 1. The lowest BCUT2D eigenvalue weighted by atomic mass is 10.0. The fourth-order valence-electron chi connectivity index (χ4n) is 1.82. The van der Waals surface area contributed by atoms with Gasteiger partial charge in [0.05, 0.1) is 16.8 Å². The Hall–Kier alpha value is -1.27. The molecule has 1 N–H and O–H groups in total. The molecule has 1 aromatic heterocycles. The molecule has 1 atom stereocenters. The maximum atomic E-state index is 13.4. The highest BCUT2D eigenvalue weighted by molar-refractivity contribution is 9.10. The van der Waals surface area contributed by atoms with Crippen LogP contribution in [0.3, 0.4) is 0 Å². The third kappa shape index (κ3) is 3.01. The van der Waals surface area contributed by atoms with Crippen molar-refractivity contribution < 1.29 is 13.9 Å². The average molecular weight is 331 g/mol. The van der Waals surface area contributed by atoms with Crippen LogP contribution < -0.4 is 0 Å². The minimum absolute atomic E-state index is 0.0390. The van der Waals surface area contributed by atoms with E-state index in [1.54, 1.807) is 10.9 Å². The second-order valence-corrected chi connectivity index (χ2v) is 4.98. The number of nitrogens with zero attached hydrogens (tertiary/aromatic N) is 2. The van der Waals surface area contributed by atoms with Crippen molar-refractivity contribution in [2.45, 2.75) is 26.0 Å². The standard InChI is InChI=1S/C13H13BrF2N2O/c1-2-18-7-8(6-17-18)5-11(19)9-3-4-10(15)13(16)12(9)14/h3-4,6-7,11,19H,2,5H2,1H3. The fraction of sp³-hybridized carbons (Fsp3) is 0.308. The molecule has 0 aliphatic heterocycles. The zero-order valence-corrected chi connectivity index (χ0v) is 11.9. The topological polar surface area (TPSA) is 38.0 Å². The van der Waals surface area contributed by atoms with Crippen LogP contribution in [0.4, 0.5) is 8.78 Å². The third-order valence-electron chi connectivity index (χ3n) is 2.86. The summed E-state index contributed by atoms with van der Waals surface area (Å²) in [6.07, 6.45) is 2.85. The third-order valence-corrected chi connectivity index (χ3v) is 3.67. The molecule has 1 unspecified atom stereocenters. The fourth-order valence-corrected chi connectivity index (χ4v) is 2.40. The van der Waals surface area contributed by atoms with Gasteiger partial charge in [-0.3, -0.25) is 4.68 Å². The van der Waals surface area contributed by atoms with E-state index in [9.17, 15) is 13.9 Å². The average Bonchev–Trinajstić information content (AvgIpc) is 2.83. The predicted octanol–water partition coefficient (Wildman–Crippen LogP) is 3.22. The zero-order valence-electron chi connectivity index (χ0n) is 10.3. The summed E-state index contributed by atoms with van der Waals surface area (Å²) < 4.78 is 28.1. The van der Waals surface area contributed by atoms with E-state index < -0.39 is 17.7 Å². The Morgan fingerprint density at radius 2 is 2.16 bits per heavy atom. The molecule has 0 bridgehead atoms. The van der Waals surface area contributed by atoms with Crippen LogP contribution in [0.15, 0.2) is 29.0 Å². The first kappa shape index (κ1) is 14.1. The van der Waals surface area contributed by atoms with Crippen LogP contribution in [0.1, 0.15) is 24.2 Å². The molecule has 0 aliphatic carbocycles. The number of hydrogen-bond donors (Lipinski definition) is 1. The van der Waals surface area contributed by atoms with Crippen LogP contribution in [-0.4, -0.2) is 14.9 Å². The van der Waals surface area contributed by atoms with Gasteiger partial charge in [-0.15, -0.1) is 0 Å². The van der Waals surface area contributed by atoms with Gasteiger partial charge in [0.1, 0.15) is 0 Å². The summed E-state index contributed by atoms with van der Waals surface area (Å²) in [6.45, 7) is 2.70. The maximum absolute atomic E-state index is 13.4. The molecule has 0 saturated carbocycles. The Balaban J connectivity index is 2.20. The van der Waals surface area contributed by atoms with Crippen LogP contribution in [0.2, 0.25) is 0 Å². The van der Waals surface area contributed by atoms with E-state index in [0.717, 1.165) is 18.2 Å². The molecule has 0 aliphatic rings. The number of halogens is 3. The number of benzene rings is 1. The monoisotopic (exact) mass is 330 g/mol. The van der Waals surface area contributed by atoms with Gasteiger partial charge in [-0.1, -0.05) is 6.07 Å². The number of hydrogen-bond acceptors (Lipinski definition) is 2. The van der Waals surface area contributed by atoms with Crippen LogP contribution >= 0.6 is 15.9 Å². The second kappa shape index (κ2) is 5.79. The lowest BCUT2D eigenvalue weighted by Crippen LogP contribution is -2.04. The summed E-state index contributed by atoms with van der Waals surface area (Å²) in [5.41, 5.74) is 1.16. The molecular formula is C13H13BrF2N2O. The quantitative estimate of drug-likeness (QED) is 0.874. The summed E-state index contributed by atoms with van der Waals surface area (Å²) in [6, 6.07) is 2.38. The normalized spacial score (nSPS) is 12.7.